The van der Waals surface area contributed by atoms with E-state index in [1.165, 1.54) is 0 Å². The van der Waals surface area contributed by atoms with Gasteiger partial charge in [-0.2, -0.15) is 0 Å². The number of alkyl carbamates (subject to hydrolysis) is 1. The van der Waals surface area contributed by atoms with Crippen molar-refractivity contribution in [2.24, 2.45) is 45.8 Å². The van der Waals surface area contributed by atoms with E-state index in [1.807, 2.05) is 0 Å². The van der Waals surface area contributed by atoms with E-state index in [9.17, 15) is 19.5 Å². The minimum Gasteiger partial charge on any atom is -0.445 e. The molecule has 6 rings (SSSR count). The Bertz CT molecular complexity index is 956. The Kier molecular flexibility index (Phi) is 5.86. The first kappa shape index (κ1) is 24.8. The second kappa shape index (κ2) is 8.50. The van der Waals surface area contributed by atoms with Crippen molar-refractivity contribution in [3.63, 3.8) is 0 Å². The zero-order valence-corrected chi connectivity index (χ0v) is 22.0. The third-order valence-corrected chi connectivity index (χ3v) is 11.8. The van der Waals surface area contributed by atoms with Crippen LogP contribution in [0.2, 0.25) is 0 Å². The Morgan fingerprint density at radius 3 is 2.69 bits per heavy atom. The molecule has 2 amide bonds. The average Bonchev–Trinajstić information content (AvgIpc) is 3.13. The molecule has 11 atom stereocenters. The first-order valence-corrected chi connectivity index (χ1v) is 14.1. The van der Waals surface area contributed by atoms with Gasteiger partial charge in [-0.1, -0.05) is 13.8 Å². The van der Waals surface area contributed by atoms with Gasteiger partial charge in [0.1, 0.15) is 11.9 Å². The number of amides is 2. The summed E-state index contributed by atoms with van der Waals surface area (Å²) in [5.41, 5.74) is -1.14. The van der Waals surface area contributed by atoms with E-state index in [0.717, 1.165) is 45.2 Å². The Balaban J connectivity index is 1.29. The first-order chi connectivity index (χ1) is 17.1. The molecule has 0 radical (unpaired) electrons. The van der Waals surface area contributed by atoms with E-state index in [2.05, 4.69) is 24.1 Å². The summed E-state index contributed by atoms with van der Waals surface area (Å²) in [6.45, 7) is 7.38. The highest BCUT2D eigenvalue weighted by Gasteiger charge is 2.77. The largest absolute Gasteiger partial charge is 0.445 e. The van der Waals surface area contributed by atoms with E-state index in [4.69, 9.17) is 9.47 Å². The van der Waals surface area contributed by atoms with E-state index >= 15 is 0 Å². The lowest BCUT2D eigenvalue weighted by molar-refractivity contribution is -0.166. The Morgan fingerprint density at radius 1 is 1.19 bits per heavy atom. The van der Waals surface area contributed by atoms with Crippen molar-refractivity contribution in [1.82, 2.24) is 10.2 Å². The fourth-order valence-electron chi connectivity index (χ4n) is 9.72. The van der Waals surface area contributed by atoms with Gasteiger partial charge in [-0.3, -0.25) is 14.9 Å². The molecule has 6 aliphatic rings. The van der Waals surface area contributed by atoms with Crippen LogP contribution in [0.5, 0.6) is 0 Å². The normalized spacial score (nSPS) is 50.6. The smallest absolute Gasteiger partial charge is 0.414 e. The molecule has 2 saturated heterocycles. The summed E-state index contributed by atoms with van der Waals surface area (Å²) >= 11 is 0. The molecular weight excluding hydrogens is 460 g/mol. The number of aliphatic hydroxyl groups is 1. The molecular formula is C28H42N2O6. The predicted molar refractivity (Wildman–Crippen MR) is 131 cm³/mol. The van der Waals surface area contributed by atoms with Gasteiger partial charge < -0.3 is 19.5 Å². The summed E-state index contributed by atoms with van der Waals surface area (Å²) in [7, 11) is 1.66. The Hall–Kier alpha value is -1.51. The first-order valence-electron chi connectivity index (χ1n) is 14.1. The summed E-state index contributed by atoms with van der Waals surface area (Å²) in [5.74, 6) is 0.356. The molecule has 4 aliphatic carbocycles. The minimum absolute atomic E-state index is 0.0154. The van der Waals surface area contributed by atoms with Gasteiger partial charge in [0.05, 0.1) is 12.0 Å². The van der Waals surface area contributed by atoms with Crippen molar-refractivity contribution in [2.75, 3.05) is 33.4 Å². The van der Waals surface area contributed by atoms with Crippen LogP contribution < -0.4 is 5.32 Å². The average molecular weight is 503 g/mol. The molecule has 0 aromatic heterocycles. The number of ketones is 1. The van der Waals surface area contributed by atoms with Gasteiger partial charge in [0.25, 0.3) is 0 Å². The number of hydrogen-bond donors (Lipinski definition) is 2. The van der Waals surface area contributed by atoms with Crippen molar-refractivity contribution in [3.05, 3.63) is 0 Å². The maximum atomic E-state index is 13.4. The van der Waals surface area contributed by atoms with Crippen LogP contribution in [0.3, 0.4) is 0 Å². The predicted octanol–water partition coefficient (Wildman–Crippen LogP) is 2.77. The molecule has 1 spiro atoms. The lowest BCUT2D eigenvalue weighted by atomic mass is 9.50. The van der Waals surface area contributed by atoms with Gasteiger partial charge in [0, 0.05) is 44.6 Å². The van der Waals surface area contributed by atoms with Crippen molar-refractivity contribution < 1.29 is 29.0 Å². The number of Topliss-reactive ketones (excluding diaryl/α,β-unsaturated/α-hetero) is 1. The van der Waals surface area contributed by atoms with Crippen LogP contribution in [0.25, 0.3) is 0 Å². The molecule has 3 unspecified atom stereocenters. The highest BCUT2D eigenvalue weighted by molar-refractivity contribution is 5.93. The number of methoxy groups -OCH3 is 1. The third kappa shape index (κ3) is 3.46. The lowest BCUT2D eigenvalue weighted by Gasteiger charge is -2.56. The number of aliphatic hydroxyl groups excluding tert-OH is 1. The van der Waals surface area contributed by atoms with Crippen LogP contribution in [-0.4, -0.2) is 73.3 Å². The molecule has 36 heavy (non-hydrogen) atoms. The number of piperidine rings is 1. The number of imide groups is 1. The van der Waals surface area contributed by atoms with Crippen LogP contribution in [0.15, 0.2) is 0 Å². The number of carbonyl (C=O) groups excluding carboxylic acids is 3. The van der Waals surface area contributed by atoms with Gasteiger partial charge in [-0.15, -0.1) is 0 Å². The van der Waals surface area contributed by atoms with E-state index in [1.54, 1.807) is 7.11 Å². The monoisotopic (exact) mass is 502 g/mol. The van der Waals surface area contributed by atoms with Crippen LogP contribution in [-0.2, 0) is 19.1 Å². The van der Waals surface area contributed by atoms with Gasteiger partial charge in [-0.25, -0.2) is 4.79 Å². The SMILES string of the molecule is COCC[C@]1(C)C[C@@H](OC(=O)NC(=O)[C@H]2CN3CC[C@@H]2C3)[C@]23C[C@@H]2CCC2(CCC(=O)C23)[C@@H](C)[C@@H]1O. The molecule has 4 bridgehead atoms. The number of nitrogens with zero attached hydrogens (tertiary/aromatic N) is 1. The zero-order valence-electron chi connectivity index (χ0n) is 22.0. The summed E-state index contributed by atoms with van der Waals surface area (Å²) in [4.78, 5) is 41.9. The molecule has 0 aromatic rings. The molecule has 8 heteroatoms. The van der Waals surface area contributed by atoms with Crippen molar-refractivity contribution in [2.45, 2.75) is 77.4 Å². The second-order valence-corrected chi connectivity index (χ2v) is 13.3. The zero-order chi connectivity index (χ0) is 25.5. The van der Waals surface area contributed by atoms with Crippen molar-refractivity contribution in [1.29, 1.82) is 0 Å². The molecule has 6 fully saturated rings. The van der Waals surface area contributed by atoms with E-state index in [-0.39, 0.29) is 40.3 Å². The Morgan fingerprint density at radius 2 is 2.00 bits per heavy atom. The van der Waals surface area contributed by atoms with Crippen LogP contribution in [0.4, 0.5) is 4.79 Å². The Labute approximate surface area is 213 Å². The van der Waals surface area contributed by atoms with Gasteiger partial charge in [-0.05, 0) is 80.1 Å². The molecule has 200 valence electrons. The van der Waals surface area contributed by atoms with E-state index < -0.39 is 23.7 Å². The van der Waals surface area contributed by atoms with Crippen LogP contribution in [0, 0.1) is 45.8 Å². The number of rotatable bonds is 5. The molecule has 2 N–H and O–H groups in total. The maximum absolute atomic E-state index is 13.4. The molecule has 0 aromatic carbocycles. The topological polar surface area (TPSA) is 105 Å². The number of carbonyl (C=O) groups is 3. The van der Waals surface area contributed by atoms with Crippen LogP contribution in [0.1, 0.15) is 65.2 Å². The summed E-state index contributed by atoms with van der Waals surface area (Å²) in [6, 6.07) is 0. The second-order valence-electron chi connectivity index (χ2n) is 13.3. The fourth-order valence-corrected chi connectivity index (χ4v) is 9.72. The summed E-state index contributed by atoms with van der Waals surface area (Å²) in [6.07, 6.45) is 4.48. The molecule has 2 aliphatic heterocycles. The number of ether oxygens (including phenoxy) is 2. The van der Waals surface area contributed by atoms with Gasteiger partial charge in [0.2, 0.25) is 5.91 Å². The highest BCUT2D eigenvalue weighted by atomic mass is 16.6. The number of hydrogen-bond acceptors (Lipinski definition) is 7. The number of fused-ring (bicyclic) bond motifs is 2. The van der Waals surface area contributed by atoms with Gasteiger partial charge in [0.15, 0.2) is 0 Å². The summed E-state index contributed by atoms with van der Waals surface area (Å²) in [5, 5.41) is 14.3. The number of nitrogens with one attached hydrogen (secondary N) is 1. The van der Waals surface area contributed by atoms with Crippen molar-refractivity contribution in [3.8, 4) is 0 Å². The quantitative estimate of drug-likeness (QED) is 0.596. The molecule has 8 nitrogen and oxygen atoms in total. The third-order valence-electron chi connectivity index (χ3n) is 11.8. The van der Waals surface area contributed by atoms with E-state index in [0.29, 0.717) is 44.2 Å². The highest BCUT2D eigenvalue weighted by Crippen LogP contribution is 2.77. The molecule has 2 heterocycles. The molecule has 4 saturated carbocycles. The standard InChI is InChI=1S/C28H42N2O6/c1-16-23(32)26(2,9-11-35-3)13-21(28-12-18(28)4-7-27(16)8-5-20(31)22(27)28)36-25(34)29-24(33)19-15-30-10-6-17(19)14-30/h16-19,21-23,32H,4-15H2,1-3H3,(H,29,33,34)/t16-,17+,18-,19-,21+,22?,23-,26+,27?,28-/m0/s1. The minimum atomic E-state index is -0.693. The van der Waals surface area contributed by atoms with Crippen molar-refractivity contribution >= 4 is 17.8 Å². The fraction of sp³-hybridized carbons (Fsp3) is 0.893. The summed E-state index contributed by atoms with van der Waals surface area (Å²) < 4.78 is 11.6. The van der Waals surface area contributed by atoms with Gasteiger partial charge >= 0.3 is 6.09 Å². The van der Waals surface area contributed by atoms with Crippen LogP contribution >= 0.6 is 0 Å². The maximum Gasteiger partial charge on any atom is 0.414 e. The lowest BCUT2D eigenvalue weighted by Crippen LogP contribution is -2.58.